The molecule has 1 rings (SSSR count). The molecule has 1 heterocycles. The van der Waals surface area contributed by atoms with Gasteiger partial charge in [0.1, 0.15) is 0 Å². The second kappa shape index (κ2) is 3.89. The zero-order valence-electron chi connectivity index (χ0n) is 10.5. The number of rotatable bonds is 0. The monoisotopic (exact) mass is 269 g/mol. The summed E-state index contributed by atoms with van der Waals surface area (Å²) in [6.07, 6.45) is 0. The molecule has 1 nitrogen and oxygen atoms in total. The second-order valence-corrected chi connectivity index (χ2v) is 6.97. The Kier molecular flexibility index (Phi) is 3.30. The molecule has 0 saturated carbocycles. The van der Waals surface area contributed by atoms with Gasteiger partial charge in [0.15, 0.2) is 0 Å². The molecule has 0 bridgehead atoms. The van der Waals surface area contributed by atoms with Crippen molar-refractivity contribution in [2.24, 2.45) is 0 Å². The lowest BCUT2D eigenvalue weighted by Crippen LogP contribution is -2.19. The fourth-order valence-corrected chi connectivity index (χ4v) is 1.70. The highest BCUT2D eigenvalue weighted by Crippen LogP contribution is 2.28. The first kappa shape index (κ1) is 12.7. The van der Waals surface area contributed by atoms with Gasteiger partial charge in [0, 0.05) is 26.7 Å². The van der Waals surface area contributed by atoms with Crippen LogP contribution in [0.3, 0.4) is 0 Å². The van der Waals surface area contributed by atoms with Gasteiger partial charge < -0.3 is 0 Å². The van der Waals surface area contributed by atoms with Crippen LogP contribution in [0.25, 0.3) is 0 Å². The van der Waals surface area contributed by atoms with Gasteiger partial charge in [-0.1, -0.05) is 57.5 Å². The molecule has 0 radical (unpaired) electrons. The van der Waals surface area contributed by atoms with Gasteiger partial charge in [0.25, 0.3) is 0 Å². The van der Waals surface area contributed by atoms with Gasteiger partial charge in [-0.05, 0) is 12.1 Å². The molecule has 1 aromatic rings. The van der Waals surface area contributed by atoms with E-state index < -0.39 is 0 Å². The molecule has 2 heteroatoms. The van der Waals surface area contributed by atoms with Crippen molar-refractivity contribution in [1.29, 1.82) is 0 Å². The van der Waals surface area contributed by atoms with Gasteiger partial charge in [0.05, 0.1) is 0 Å². The van der Waals surface area contributed by atoms with Crippen LogP contribution < -0.4 is 0 Å². The van der Waals surface area contributed by atoms with E-state index in [1.54, 1.807) is 0 Å². The molecule has 0 atom stereocenters. The van der Waals surface area contributed by atoms with Crippen molar-refractivity contribution in [3.8, 4) is 0 Å². The van der Waals surface area contributed by atoms with Gasteiger partial charge in [-0.25, -0.2) is 0 Å². The van der Waals surface area contributed by atoms with Gasteiger partial charge >= 0.3 is 0 Å². The minimum absolute atomic E-state index is 0.101. The minimum Gasteiger partial charge on any atom is -0.257 e. The Labute approximate surface area is 101 Å². The van der Waals surface area contributed by atoms with E-state index in [0.29, 0.717) is 0 Å². The quantitative estimate of drug-likeness (QED) is 0.679. The molecule has 15 heavy (non-hydrogen) atoms. The third-order valence-electron chi connectivity index (χ3n) is 2.33. The molecule has 0 unspecified atom stereocenters. The highest BCUT2D eigenvalue weighted by Gasteiger charge is 2.21. The molecular formula is C13H20BrN. The van der Waals surface area contributed by atoms with E-state index in [1.807, 2.05) is 0 Å². The Morgan fingerprint density at radius 1 is 0.867 bits per heavy atom. The molecule has 1 aromatic heterocycles. The third kappa shape index (κ3) is 3.30. The first-order valence-corrected chi connectivity index (χ1v) is 6.08. The van der Waals surface area contributed by atoms with E-state index in [9.17, 15) is 0 Å². The van der Waals surface area contributed by atoms with Crippen LogP contribution in [0.4, 0.5) is 0 Å². The molecule has 0 aliphatic carbocycles. The van der Waals surface area contributed by atoms with Gasteiger partial charge in [-0.2, -0.15) is 0 Å². The highest BCUT2D eigenvalue weighted by molar-refractivity contribution is 9.10. The van der Waals surface area contributed by atoms with Crippen LogP contribution in [0.2, 0.25) is 0 Å². The number of hydrogen-bond donors (Lipinski definition) is 0. The average molecular weight is 270 g/mol. The highest BCUT2D eigenvalue weighted by atomic mass is 79.9. The molecule has 0 spiro atoms. The molecule has 0 aromatic carbocycles. The predicted octanol–water partition coefficient (Wildman–Crippen LogP) is 4.44. The molecule has 84 valence electrons. The normalized spacial score (nSPS) is 13.0. The number of nitrogens with zero attached hydrogens (tertiary/aromatic N) is 1. The number of halogens is 1. The van der Waals surface area contributed by atoms with Crippen molar-refractivity contribution in [3.05, 3.63) is 28.0 Å². The maximum atomic E-state index is 4.75. The second-order valence-electron chi connectivity index (χ2n) is 6.06. The SMILES string of the molecule is CC(C)(C)c1cc(Br)cc(C(C)(C)C)n1. The van der Waals surface area contributed by atoms with Crippen LogP contribution in [0.1, 0.15) is 52.9 Å². The largest absolute Gasteiger partial charge is 0.257 e. The van der Waals surface area contributed by atoms with Crippen LogP contribution >= 0.6 is 15.9 Å². The molecule has 0 fully saturated rings. The summed E-state index contributed by atoms with van der Waals surface area (Å²) < 4.78 is 1.12. The number of aromatic nitrogens is 1. The molecule has 0 N–H and O–H groups in total. The van der Waals surface area contributed by atoms with Crippen molar-refractivity contribution >= 4 is 15.9 Å². The van der Waals surface area contributed by atoms with E-state index in [2.05, 4.69) is 69.6 Å². The lowest BCUT2D eigenvalue weighted by atomic mass is 9.88. The summed E-state index contributed by atoms with van der Waals surface area (Å²) in [6, 6.07) is 4.21. The van der Waals surface area contributed by atoms with Crippen molar-refractivity contribution in [1.82, 2.24) is 4.98 Å². The molecule has 0 aliphatic rings. The van der Waals surface area contributed by atoms with E-state index in [-0.39, 0.29) is 10.8 Å². The van der Waals surface area contributed by atoms with E-state index in [0.717, 1.165) is 15.9 Å². The first-order chi connectivity index (χ1) is 6.60. The Morgan fingerprint density at radius 2 is 1.20 bits per heavy atom. The smallest absolute Gasteiger partial charge is 0.0471 e. The van der Waals surface area contributed by atoms with Crippen molar-refractivity contribution < 1.29 is 0 Å². The summed E-state index contributed by atoms with van der Waals surface area (Å²) in [7, 11) is 0. The first-order valence-electron chi connectivity index (χ1n) is 5.29. The maximum absolute atomic E-state index is 4.75. The average Bonchev–Trinajstić information content (AvgIpc) is 1.99. The summed E-state index contributed by atoms with van der Waals surface area (Å²) in [4.78, 5) is 4.75. The topological polar surface area (TPSA) is 12.9 Å². The predicted molar refractivity (Wildman–Crippen MR) is 69.3 cm³/mol. The number of hydrogen-bond acceptors (Lipinski definition) is 1. The Hall–Kier alpha value is -0.370. The zero-order chi connectivity index (χ0) is 11.9. The van der Waals surface area contributed by atoms with Gasteiger partial charge in [0.2, 0.25) is 0 Å². The van der Waals surface area contributed by atoms with Crippen molar-refractivity contribution in [2.75, 3.05) is 0 Å². The summed E-state index contributed by atoms with van der Waals surface area (Å²) in [5, 5.41) is 0. The van der Waals surface area contributed by atoms with Crippen LogP contribution in [-0.2, 0) is 10.8 Å². The van der Waals surface area contributed by atoms with E-state index >= 15 is 0 Å². The summed E-state index contributed by atoms with van der Waals surface area (Å²) in [6.45, 7) is 13.1. The van der Waals surface area contributed by atoms with Crippen LogP contribution in [0.15, 0.2) is 16.6 Å². The van der Waals surface area contributed by atoms with E-state index in [1.165, 1.54) is 0 Å². The summed E-state index contributed by atoms with van der Waals surface area (Å²) in [5.41, 5.74) is 2.48. The molecular weight excluding hydrogens is 250 g/mol. The van der Waals surface area contributed by atoms with Crippen LogP contribution in [0, 0.1) is 0 Å². The van der Waals surface area contributed by atoms with Crippen LogP contribution in [0.5, 0.6) is 0 Å². The van der Waals surface area contributed by atoms with Gasteiger partial charge in [-0.15, -0.1) is 0 Å². The fraction of sp³-hybridized carbons (Fsp3) is 0.615. The molecule has 0 aliphatic heterocycles. The fourth-order valence-electron chi connectivity index (χ4n) is 1.27. The summed E-state index contributed by atoms with van der Waals surface area (Å²) in [5.74, 6) is 0. The maximum Gasteiger partial charge on any atom is 0.0471 e. The lowest BCUT2D eigenvalue weighted by molar-refractivity contribution is 0.530. The Bertz CT molecular complexity index is 324. The van der Waals surface area contributed by atoms with E-state index in [4.69, 9.17) is 4.98 Å². The minimum atomic E-state index is 0.101. The Balaban J connectivity index is 3.30. The zero-order valence-corrected chi connectivity index (χ0v) is 12.1. The standard InChI is InChI=1S/C13H20BrN/c1-12(2,3)10-7-9(14)8-11(15-10)13(4,5)6/h7-8H,1-6H3. The summed E-state index contributed by atoms with van der Waals surface area (Å²) >= 11 is 3.56. The van der Waals surface area contributed by atoms with Crippen LogP contribution in [-0.4, -0.2) is 4.98 Å². The molecule has 0 amide bonds. The lowest BCUT2D eigenvalue weighted by Gasteiger charge is -2.23. The van der Waals surface area contributed by atoms with Crippen molar-refractivity contribution in [2.45, 2.75) is 52.4 Å². The molecule has 0 saturated heterocycles. The van der Waals surface area contributed by atoms with Gasteiger partial charge in [-0.3, -0.25) is 4.98 Å². The Morgan fingerprint density at radius 3 is 1.47 bits per heavy atom. The third-order valence-corrected chi connectivity index (χ3v) is 2.78. The number of pyridine rings is 1. The van der Waals surface area contributed by atoms with Crippen molar-refractivity contribution in [3.63, 3.8) is 0 Å².